The molecule has 2 aromatic rings. The molecule has 2 heterocycles. The van der Waals surface area contributed by atoms with Crippen molar-refractivity contribution < 1.29 is 14.5 Å². The van der Waals surface area contributed by atoms with Crippen LogP contribution in [0.2, 0.25) is 0 Å². The molecule has 0 unspecified atom stereocenters. The molecular formula is C14H14N4O4. The lowest BCUT2D eigenvalue weighted by molar-refractivity contribution is -0.385. The summed E-state index contributed by atoms with van der Waals surface area (Å²) in [5.41, 5.74) is 0.566. The summed E-state index contributed by atoms with van der Waals surface area (Å²) in [6, 6.07) is 7.29. The molecule has 8 heteroatoms. The first-order chi connectivity index (χ1) is 10.5. The molecule has 1 aromatic carbocycles. The third kappa shape index (κ3) is 2.62. The lowest BCUT2D eigenvalue weighted by Gasteiger charge is -2.33. The highest BCUT2D eigenvalue weighted by molar-refractivity contribution is 5.95. The van der Waals surface area contributed by atoms with Crippen molar-refractivity contribution in [1.29, 1.82) is 0 Å². The standard InChI is InChI=1S/C14H14N4O4/c1-10-7-17(12-4-2-3-5-13(12)22-10)14(19)9-16-8-11(6-15-16)18(20)21/h2-6,8,10H,7,9H2,1H3/t10-/m1/s1. The molecule has 1 amide bonds. The first-order valence-electron chi connectivity index (χ1n) is 6.77. The van der Waals surface area contributed by atoms with Crippen molar-refractivity contribution in [2.24, 2.45) is 0 Å². The SMILES string of the molecule is C[C@@H]1CN(C(=O)Cn2cc([N+](=O)[O-])cn2)c2ccccc2O1. The molecular weight excluding hydrogens is 288 g/mol. The number of carbonyl (C=O) groups is 1. The van der Waals surface area contributed by atoms with Crippen LogP contribution < -0.4 is 9.64 Å². The Morgan fingerprint density at radius 1 is 1.50 bits per heavy atom. The largest absolute Gasteiger partial charge is 0.487 e. The van der Waals surface area contributed by atoms with E-state index in [-0.39, 0.29) is 24.2 Å². The second kappa shape index (κ2) is 5.47. The van der Waals surface area contributed by atoms with Crippen LogP contribution in [0.1, 0.15) is 6.92 Å². The topological polar surface area (TPSA) is 90.5 Å². The zero-order chi connectivity index (χ0) is 15.7. The number of para-hydroxylation sites is 2. The van der Waals surface area contributed by atoms with Crippen LogP contribution in [-0.4, -0.2) is 33.3 Å². The zero-order valence-corrected chi connectivity index (χ0v) is 11.9. The fourth-order valence-corrected chi connectivity index (χ4v) is 2.38. The van der Waals surface area contributed by atoms with Gasteiger partial charge in [0.25, 0.3) is 0 Å². The lowest BCUT2D eigenvalue weighted by Crippen LogP contribution is -2.43. The zero-order valence-electron chi connectivity index (χ0n) is 11.9. The van der Waals surface area contributed by atoms with Gasteiger partial charge in [-0.2, -0.15) is 5.10 Å². The van der Waals surface area contributed by atoms with Crippen LogP contribution in [0, 0.1) is 10.1 Å². The molecule has 1 atom stereocenters. The summed E-state index contributed by atoms with van der Waals surface area (Å²) in [5, 5.41) is 14.5. The fraction of sp³-hybridized carbons (Fsp3) is 0.286. The maximum absolute atomic E-state index is 12.5. The Morgan fingerprint density at radius 2 is 2.27 bits per heavy atom. The van der Waals surface area contributed by atoms with Crippen LogP contribution in [0.3, 0.4) is 0 Å². The quantitative estimate of drug-likeness (QED) is 0.634. The van der Waals surface area contributed by atoms with Gasteiger partial charge >= 0.3 is 5.69 Å². The van der Waals surface area contributed by atoms with Crippen LogP contribution in [-0.2, 0) is 11.3 Å². The van der Waals surface area contributed by atoms with E-state index in [2.05, 4.69) is 5.10 Å². The van der Waals surface area contributed by atoms with Crippen LogP contribution in [0.5, 0.6) is 5.75 Å². The molecule has 0 radical (unpaired) electrons. The van der Waals surface area contributed by atoms with Crippen molar-refractivity contribution in [1.82, 2.24) is 9.78 Å². The molecule has 0 bridgehead atoms. The summed E-state index contributed by atoms with van der Waals surface area (Å²) < 4.78 is 6.96. The van der Waals surface area contributed by atoms with Gasteiger partial charge in [-0.15, -0.1) is 0 Å². The predicted molar refractivity (Wildman–Crippen MR) is 77.8 cm³/mol. The normalized spacial score (nSPS) is 16.8. The lowest BCUT2D eigenvalue weighted by atomic mass is 10.2. The smallest absolute Gasteiger partial charge is 0.307 e. The summed E-state index contributed by atoms with van der Waals surface area (Å²) in [5.74, 6) is 0.460. The molecule has 0 spiro atoms. The van der Waals surface area contributed by atoms with Gasteiger partial charge in [-0.05, 0) is 19.1 Å². The summed E-state index contributed by atoms with van der Waals surface area (Å²) in [4.78, 5) is 24.2. The number of rotatable bonds is 3. The Kier molecular flexibility index (Phi) is 3.50. The monoisotopic (exact) mass is 302 g/mol. The molecule has 1 aliphatic heterocycles. The molecule has 0 N–H and O–H groups in total. The highest BCUT2D eigenvalue weighted by Gasteiger charge is 2.27. The van der Waals surface area contributed by atoms with Gasteiger partial charge < -0.3 is 9.64 Å². The average Bonchev–Trinajstić information content (AvgIpc) is 2.95. The van der Waals surface area contributed by atoms with Gasteiger partial charge in [-0.1, -0.05) is 12.1 Å². The van der Waals surface area contributed by atoms with Gasteiger partial charge in [0.2, 0.25) is 5.91 Å². The molecule has 0 saturated heterocycles. The van der Waals surface area contributed by atoms with E-state index in [1.807, 2.05) is 31.2 Å². The van der Waals surface area contributed by atoms with Crippen LogP contribution in [0.4, 0.5) is 11.4 Å². The summed E-state index contributed by atoms with van der Waals surface area (Å²) >= 11 is 0. The van der Waals surface area contributed by atoms with E-state index in [0.29, 0.717) is 18.0 Å². The number of aromatic nitrogens is 2. The number of anilines is 1. The van der Waals surface area contributed by atoms with Gasteiger partial charge in [-0.25, -0.2) is 0 Å². The third-order valence-corrected chi connectivity index (χ3v) is 3.35. The van der Waals surface area contributed by atoms with Gasteiger partial charge in [0.15, 0.2) is 0 Å². The van der Waals surface area contributed by atoms with Crippen molar-refractivity contribution in [2.45, 2.75) is 19.6 Å². The van der Waals surface area contributed by atoms with Crippen molar-refractivity contribution in [3.05, 3.63) is 46.8 Å². The molecule has 0 aliphatic carbocycles. The van der Waals surface area contributed by atoms with Crippen molar-refractivity contribution >= 4 is 17.3 Å². The molecule has 22 heavy (non-hydrogen) atoms. The molecule has 1 aromatic heterocycles. The maximum Gasteiger partial charge on any atom is 0.307 e. The maximum atomic E-state index is 12.5. The highest BCUT2D eigenvalue weighted by atomic mass is 16.6. The Bertz CT molecular complexity index is 727. The number of benzene rings is 1. The Hall–Kier alpha value is -2.90. The number of nitrogens with zero attached hydrogens (tertiary/aromatic N) is 4. The molecule has 0 saturated carbocycles. The minimum absolute atomic E-state index is 0.0606. The number of fused-ring (bicyclic) bond motifs is 1. The number of nitro groups is 1. The molecule has 1 aliphatic rings. The van der Waals surface area contributed by atoms with E-state index < -0.39 is 4.92 Å². The van der Waals surface area contributed by atoms with Gasteiger partial charge in [0.1, 0.15) is 30.8 Å². The number of carbonyl (C=O) groups excluding carboxylic acids is 1. The van der Waals surface area contributed by atoms with E-state index in [1.54, 1.807) is 4.90 Å². The van der Waals surface area contributed by atoms with Gasteiger partial charge in [-0.3, -0.25) is 19.6 Å². The average molecular weight is 302 g/mol. The van der Waals surface area contributed by atoms with Crippen LogP contribution >= 0.6 is 0 Å². The molecule has 0 fully saturated rings. The highest BCUT2D eigenvalue weighted by Crippen LogP contribution is 2.33. The summed E-state index contributed by atoms with van der Waals surface area (Å²) in [6.07, 6.45) is 2.25. The Balaban J connectivity index is 1.81. The van der Waals surface area contributed by atoms with Crippen molar-refractivity contribution in [3.8, 4) is 5.75 Å². The van der Waals surface area contributed by atoms with Crippen molar-refractivity contribution in [3.63, 3.8) is 0 Å². The minimum atomic E-state index is -0.542. The molecule has 8 nitrogen and oxygen atoms in total. The van der Waals surface area contributed by atoms with Crippen molar-refractivity contribution in [2.75, 3.05) is 11.4 Å². The second-order valence-corrected chi connectivity index (χ2v) is 5.05. The summed E-state index contributed by atoms with van der Waals surface area (Å²) in [6.45, 7) is 2.25. The van der Waals surface area contributed by atoms with Crippen LogP contribution in [0.15, 0.2) is 36.7 Å². The fourth-order valence-electron chi connectivity index (χ4n) is 2.38. The third-order valence-electron chi connectivity index (χ3n) is 3.35. The molecule has 3 rings (SSSR count). The Morgan fingerprint density at radius 3 is 3.00 bits per heavy atom. The first kappa shape index (κ1) is 14.1. The number of hydrogen-bond donors (Lipinski definition) is 0. The first-order valence-corrected chi connectivity index (χ1v) is 6.77. The van der Waals surface area contributed by atoms with Gasteiger partial charge in [0, 0.05) is 0 Å². The van der Waals surface area contributed by atoms with Crippen LogP contribution in [0.25, 0.3) is 0 Å². The number of ether oxygens (including phenoxy) is 1. The van der Waals surface area contributed by atoms with E-state index in [4.69, 9.17) is 4.74 Å². The minimum Gasteiger partial charge on any atom is -0.487 e. The number of hydrogen-bond acceptors (Lipinski definition) is 5. The molecule has 114 valence electrons. The van der Waals surface area contributed by atoms with E-state index in [9.17, 15) is 14.9 Å². The van der Waals surface area contributed by atoms with E-state index >= 15 is 0 Å². The second-order valence-electron chi connectivity index (χ2n) is 5.05. The number of amides is 1. The Labute approximate surface area is 126 Å². The van der Waals surface area contributed by atoms with E-state index in [0.717, 1.165) is 6.20 Å². The summed E-state index contributed by atoms with van der Waals surface area (Å²) in [7, 11) is 0. The van der Waals surface area contributed by atoms with Gasteiger partial charge in [0.05, 0.1) is 17.2 Å². The van der Waals surface area contributed by atoms with E-state index in [1.165, 1.54) is 10.9 Å². The predicted octanol–water partition coefficient (Wildman–Crippen LogP) is 1.61.